The molecule has 1 aliphatic heterocycles. The number of nitrogens with zero attached hydrogens (tertiary/aromatic N) is 4. The fourth-order valence-corrected chi connectivity index (χ4v) is 3.70. The van der Waals surface area contributed by atoms with Crippen molar-refractivity contribution in [3.63, 3.8) is 0 Å². The lowest BCUT2D eigenvalue weighted by molar-refractivity contribution is 0.0934. The van der Waals surface area contributed by atoms with Gasteiger partial charge in [0.15, 0.2) is 5.16 Å². The summed E-state index contributed by atoms with van der Waals surface area (Å²) >= 11 is 1.65. The molecule has 2 aromatic rings. The average Bonchev–Trinajstić information content (AvgIpc) is 3.18. The molecule has 130 valence electrons. The van der Waals surface area contributed by atoms with E-state index in [9.17, 15) is 0 Å². The molecule has 1 saturated heterocycles. The summed E-state index contributed by atoms with van der Waals surface area (Å²) in [6.07, 6.45) is 4.64. The summed E-state index contributed by atoms with van der Waals surface area (Å²) in [5, 5.41) is 9.74. The van der Waals surface area contributed by atoms with Crippen molar-refractivity contribution in [2.75, 3.05) is 19.9 Å². The van der Waals surface area contributed by atoms with Crippen LogP contribution in [0.3, 0.4) is 0 Å². The molecule has 1 aromatic carbocycles. The summed E-state index contributed by atoms with van der Waals surface area (Å²) in [5.74, 6) is 1.02. The average molecular weight is 347 g/mol. The van der Waals surface area contributed by atoms with E-state index in [-0.39, 0.29) is 0 Å². The smallest absolute Gasteiger partial charge is 0.191 e. The number of aryl methyl sites for hydroxylation is 1. The molecule has 1 aromatic heterocycles. The number of ether oxygens (including phenoxy) is 1. The molecular weight excluding hydrogens is 320 g/mol. The van der Waals surface area contributed by atoms with Gasteiger partial charge in [0.2, 0.25) is 0 Å². The third-order valence-corrected chi connectivity index (χ3v) is 5.00. The molecule has 0 amide bonds. The third kappa shape index (κ3) is 4.37. The van der Waals surface area contributed by atoms with E-state index >= 15 is 0 Å². The van der Waals surface area contributed by atoms with Crippen LogP contribution < -0.4 is 0 Å². The Morgan fingerprint density at radius 1 is 1.33 bits per heavy atom. The van der Waals surface area contributed by atoms with Gasteiger partial charge in [-0.15, -0.1) is 10.2 Å². The highest BCUT2D eigenvalue weighted by Gasteiger charge is 2.21. The Morgan fingerprint density at radius 2 is 2.21 bits per heavy atom. The zero-order chi connectivity index (χ0) is 16.9. The summed E-state index contributed by atoms with van der Waals surface area (Å²) in [7, 11) is 2.13. The van der Waals surface area contributed by atoms with Crippen molar-refractivity contribution in [3.05, 3.63) is 41.2 Å². The minimum Gasteiger partial charge on any atom is -0.376 e. The molecule has 1 aliphatic rings. The lowest BCUT2D eigenvalue weighted by Gasteiger charge is -2.19. The second-order valence-corrected chi connectivity index (χ2v) is 7.28. The van der Waals surface area contributed by atoms with E-state index in [0.717, 1.165) is 50.1 Å². The van der Waals surface area contributed by atoms with Crippen molar-refractivity contribution in [1.82, 2.24) is 19.7 Å². The van der Waals surface area contributed by atoms with E-state index in [1.54, 1.807) is 11.8 Å². The van der Waals surface area contributed by atoms with E-state index < -0.39 is 0 Å². The minimum absolute atomic E-state index is 0.299. The molecule has 0 N–H and O–H groups in total. The topological polar surface area (TPSA) is 43.2 Å². The summed E-state index contributed by atoms with van der Waals surface area (Å²) in [5.41, 5.74) is 2.62. The van der Waals surface area contributed by atoms with Crippen LogP contribution in [0.1, 0.15) is 29.8 Å². The largest absolute Gasteiger partial charge is 0.376 e. The van der Waals surface area contributed by atoms with Crippen LogP contribution >= 0.6 is 11.8 Å². The zero-order valence-corrected chi connectivity index (χ0v) is 15.6. The number of hydrogen-bond acceptors (Lipinski definition) is 5. The lowest BCUT2D eigenvalue weighted by Crippen LogP contribution is -2.23. The maximum absolute atomic E-state index is 5.80. The van der Waals surface area contributed by atoms with Crippen molar-refractivity contribution < 1.29 is 4.74 Å². The molecular formula is C18H26N4OS. The van der Waals surface area contributed by atoms with Gasteiger partial charge in [0, 0.05) is 13.2 Å². The fraction of sp³-hybridized carbons (Fsp3) is 0.556. The van der Waals surface area contributed by atoms with Crippen LogP contribution in [0.5, 0.6) is 0 Å². The van der Waals surface area contributed by atoms with Crippen LogP contribution in [-0.2, 0) is 24.4 Å². The van der Waals surface area contributed by atoms with Crippen molar-refractivity contribution >= 4 is 11.8 Å². The van der Waals surface area contributed by atoms with Crippen molar-refractivity contribution in [2.45, 2.75) is 50.7 Å². The standard InChI is InChI=1S/C18H26N4OS/c1-14-6-4-7-15(10-14)11-21(2)13-17-19-20-18(24-3)22(17)12-16-8-5-9-23-16/h4,6-7,10,16H,5,8-9,11-13H2,1-3H3. The molecule has 1 unspecified atom stereocenters. The van der Waals surface area contributed by atoms with E-state index in [1.807, 2.05) is 0 Å². The molecule has 24 heavy (non-hydrogen) atoms. The predicted molar refractivity (Wildman–Crippen MR) is 97.1 cm³/mol. The summed E-state index contributed by atoms with van der Waals surface area (Å²) in [6.45, 7) is 5.56. The van der Waals surface area contributed by atoms with Crippen molar-refractivity contribution in [2.24, 2.45) is 0 Å². The second-order valence-electron chi connectivity index (χ2n) is 6.51. The molecule has 2 heterocycles. The van der Waals surface area contributed by atoms with Gasteiger partial charge in [-0.25, -0.2) is 0 Å². The molecule has 6 heteroatoms. The van der Waals surface area contributed by atoms with Crippen molar-refractivity contribution in [1.29, 1.82) is 0 Å². The first-order valence-corrected chi connectivity index (χ1v) is 9.70. The van der Waals surface area contributed by atoms with Gasteiger partial charge < -0.3 is 9.30 Å². The normalized spacial score (nSPS) is 17.8. The van der Waals surface area contributed by atoms with Gasteiger partial charge in [0.05, 0.1) is 19.2 Å². The molecule has 0 spiro atoms. The number of thioether (sulfide) groups is 1. The van der Waals surface area contributed by atoms with Crippen LogP contribution in [0.15, 0.2) is 29.4 Å². The van der Waals surface area contributed by atoms with E-state index in [0.29, 0.717) is 6.10 Å². The highest BCUT2D eigenvalue weighted by Crippen LogP contribution is 2.20. The Hall–Kier alpha value is -1.37. The van der Waals surface area contributed by atoms with E-state index in [2.05, 4.69) is 64.2 Å². The van der Waals surface area contributed by atoms with E-state index in [1.165, 1.54) is 11.1 Å². The Labute approximate surface area is 148 Å². The molecule has 0 radical (unpaired) electrons. The molecule has 3 rings (SSSR count). The van der Waals surface area contributed by atoms with Gasteiger partial charge in [-0.05, 0) is 38.6 Å². The Balaban J connectivity index is 1.68. The highest BCUT2D eigenvalue weighted by atomic mass is 32.2. The molecule has 1 fully saturated rings. The monoisotopic (exact) mass is 346 g/mol. The van der Waals surface area contributed by atoms with Gasteiger partial charge >= 0.3 is 0 Å². The van der Waals surface area contributed by atoms with Gasteiger partial charge in [-0.1, -0.05) is 41.6 Å². The molecule has 0 aliphatic carbocycles. The first kappa shape index (κ1) is 17.5. The first-order chi connectivity index (χ1) is 11.7. The van der Waals surface area contributed by atoms with Crippen LogP contribution in [0.4, 0.5) is 0 Å². The van der Waals surface area contributed by atoms with Crippen LogP contribution in [0, 0.1) is 6.92 Å². The number of aromatic nitrogens is 3. The van der Waals surface area contributed by atoms with Gasteiger partial charge in [0.25, 0.3) is 0 Å². The highest BCUT2D eigenvalue weighted by molar-refractivity contribution is 7.98. The van der Waals surface area contributed by atoms with Gasteiger partial charge in [-0.2, -0.15) is 0 Å². The van der Waals surface area contributed by atoms with Crippen LogP contribution in [0.2, 0.25) is 0 Å². The Kier molecular flexibility index (Phi) is 5.92. The summed E-state index contributed by atoms with van der Waals surface area (Å²) < 4.78 is 8.02. The third-order valence-electron chi connectivity index (χ3n) is 4.33. The molecule has 1 atom stereocenters. The number of benzene rings is 1. The molecule has 0 saturated carbocycles. The van der Waals surface area contributed by atoms with Gasteiger partial charge in [0.1, 0.15) is 5.82 Å². The maximum atomic E-state index is 5.80. The quantitative estimate of drug-likeness (QED) is 0.721. The Morgan fingerprint density at radius 3 is 2.92 bits per heavy atom. The van der Waals surface area contributed by atoms with Crippen LogP contribution in [0.25, 0.3) is 0 Å². The van der Waals surface area contributed by atoms with Gasteiger partial charge in [-0.3, -0.25) is 4.90 Å². The molecule has 0 bridgehead atoms. The maximum Gasteiger partial charge on any atom is 0.191 e. The SMILES string of the molecule is CSc1nnc(CN(C)Cc2cccc(C)c2)n1CC1CCCO1. The summed E-state index contributed by atoms with van der Waals surface area (Å²) in [6, 6.07) is 8.66. The Bertz CT molecular complexity index is 667. The second kappa shape index (κ2) is 8.14. The molecule has 5 nitrogen and oxygen atoms in total. The predicted octanol–water partition coefficient (Wildman–Crippen LogP) is 3.12. The zero-order valence-electron chi connectivity index (χ0n) is 14.7. The lowest BCUT2D eigenvalue weighted by atomic mass is 10.1. The van der Waals surface area contributed by atoms with Crippen molar-refractivity contribution in [3.8, 4) is 0 Å². The number of rotatable bonds is 7. The minimum atomic E-state index is 0.299. The first-order valence-electron chi connectivity index (χ1n) is 8.47. The number of hydrogen-bond donors (Lipinski definition) is 0. The summed E-state index contributed by atoms with van der Waals surface area (Å²) in [4.78, 5) is 2.29. The van der Waals surface area contributed by atoms with E-state index in [4.69, 9.17) is 4.74 Å². The fourth-order valence-electron chi connectivity index (χ4n) is 3.18. The van der Waals surface area contributed by atoms with Crippen LogP contribution in [-0.4, -0.2) is 45.7 Å².